The van der Waals surface area contributed by atoms with Crippen molar-refractivity contribution in [3.8, 4) is 5.75 Å². The number of ether oxygens (including phenoxy) is 4. The second-order valence-electron chi connectivity index (χ2n) is 19.1. The molecule has 4 aliphatic heterocycles. The molecular weight excluding hydrogens is 960 g/mol. The predicted octanol–water partition coefficient (Wildman–Crippen LogP) is 4.00. The van der Waals surface area contributed by atoms with Gasteiger partial charge in [0.1, 0.15) is 52.2 Å². The number of anilines is 1. The summed E-state index contributed by atoms with van der Waals surface area (Å²) < 4.78 is 23.9. The van der Waals surface area contributed by atoms with E-state index in [2.05, 4.69) is 10.6 Å². The lowest BCUT2D eigenvalue weighted by molar-refractivity contribution is -0.162. The lowest BCUT2D eigenvalue weighted by Gasteiger charge is -2.41. The molecule has 1 aromatic rings. The fraction of sp³-hybridized carbons (Fsp3) is 0.600. The van der Waals surface area contributed by atoms with Crippen molar-refractivity contribution < 1.29 is 62.4 Å². The summed E-state index contributed by atoms with van der Waals surface area (Å²) in [5, 5.41) is 17.4. The normalized spacial score (nSPS) is 28.1. The minimum absolute atomic E-state index is 0.0102. The highest BCUT2D eigenvalue weighted by Crippen LogP contribution is 2.49. The number of imide groups is 1. The zero-order valence-electron chi connectivity index (χ0n) is 42.0. The number of ketones is 1. The van der Waals surface area contributed by atoms with E-state index in [-0.39, 0.29) is 48.8 Å². The van der Waals surface area contributed by atoms with E-state index < -0.39 is 107 Å². The average molecular weight is 1030 g/mol. The Kier molecular flexibility index (Phi) is 19.5. The molecule has 6 amide bonds. The Bertz CT molecular complexity index is 2290. The molecule has 1 aromatic carbocycles. The van der Waals surface area contributed by atoms with Gasteiger partial charge in [-0.15, -0.1) is 0 Å². The van der Waals surface area contributed by atoms with Crippen molar-refractivity contribution in [2.75, 3.05) is 51.2 Å². The minimum atomic E-state index is -1.69. The molecule has 390 valence electrons. The molecule has 5 N–H and O–H groups in total. The van der Waals surface area contributed by atoms with Crippen LogP contribution in [-0.2, 0) is 54.2 Å². The predicted molar refractivity (Wildman–Crippen MR) is 266 cm³/mol. The quantitative estimate of drug-likeness (QED) is 0.0702. The van der Waals surface area contributed by atoms with Gasteiger partial charge in [-0.3, -0.25) is 39.0 Å². The first kappa shape index (κ1) is 56.6. The molecule has 71 heavy (non-hydrogen) atoms. The van der Waals surface area contributed by atoms with Gasteiger partial charge in [0.25, 0.3) is 11.8 Å². The number of fused-ring (bicyclic) bond motifs is 5. The van der Waals surface area contributed by atoms with E-state index in [9.17, 15) is 43.5 Å². The first-order valence-corrected chi connectivity index (χ1v) is 25.6. The summed E-state index contributed by atoms with van der Waals surface area (Å²) in [6.45, 7) is 8.84. The molecule has 2 fully saturated rings. The standard InChI is InChI=1S/C50H69ClN6O13S/c1-28-13-12-14-29(2)50(66)26-38(68-48(65)54-50)30(3)44-49(5,70-44)39(25-42(61)56(7)36-22-32(21-28)23-37(67-8)43(36)51)69-47(64)31(4)55(6)46(63)35(27-71-9)53-45(62)33(15-10-11-19-52)24-34(58)18-20-57-40(59)16-17-41(57)60/h12-14,16-17,22-23,29-31,33,35,38-39,44,66H,10-11,15,18-21,24-27,52H2,1-9H3,(H,53,62)(H,54,65)/b14-12+,28-13+/t29?,30?,31-,33-,35?,38?,39?,44?,49?,50?/m0/s1. The van der Waals surface area contributed by atoms with E-state index in [1.165, 1.54) is 44.8 Å². The maximum atomic E-state index is 14.4. The highest BCUT2D eigenvalue weighted by atomic mass is 35.5. The maximum Gasteiger partial charge on any atom is 0.409 e. The van der Waals surface area contributed by atoms with Crippen molar-refractivity contribution in [2.24, 2.45) is 23.5 Å². The second-order valence-corrected chi connectivity index (χ2v) is 20.4. The number of Topliss-reactive ketones (excluding diaryl/α,β-unsaturated/α-hetero) is 1. The summed E-state index contributed by atoms with van der Waals surface area (Å²) >= 11 is 8.10. The number of rotatable bonds is 18. The Morgan fingerprint density at radius 1 is 1.13 bits per heavy atom. The molecule has 0 radical (unpaired) electrons. The molecule has 0 aliphatic carbocycles. The Morgan fingerprint density at radius 3 is 2.46 bits per heavy atom. The smallest absolute Gasteiger partial charge is 0.409 e. The molecule has 4 bridgehead atoms. The van der Waals surface area contributed by atoms with Crippen molar-refractivity contribution in [2.45, 2.75) is 128 Å². The van der Waals surface area contributed by atoms with Crippen LogP contribution in [0.2, 0.25) is 5.02 Å². The first-order chi connectivity index (χ1) is 33.5. The van der Waals surface area contributed by atoms with Crippen molar-refractivity contribution >= 4 is 76.4 Å². The molecule has 0 aromatic heterocycles. The molecule has 0 saturated carbocycles. The molecule has 10 atom stereocenters. The van der Waals surface area contributed by atoms with Crippen LogP contribution in [0.5, 0.6) is 5.75 Å². The fourth-order valence-corrected chi connectivity index (χ4v) is 9.97. The zero-order chi connectivity index (χ0) is 52.5. The van der Waals surface area contributed by atoms with Crippen LogP contribution >= 0.6 is 23.4 Å². The van der Waals surface area contributed by atoms with Crippen molar-refractivity contribution in [1.82, 2.24) is 20.4 Å². The zero-order valence-corrected chi connectivity index (χ0v) is 43.6. The minimum Gasteiger partial charge on any atom is -0.495 e. The Labute approximate surface area is 424 Å². The Balaban J connectivity index is 1.39. The van der Waals surface area contributed by atoms with E-state index >= 15 is 0 Å². The van der Waals surface area contributed by atoms with E-state index in [4.69, 9.17) is 36.3 Å². The molecular formula is C50H69ClN6O13S. The molecule has 0 spiro atoms. The third kappa shape index (κ3) is 13.8. The van der Waals surface area contributed by atoms with E-state index in [1.54, 1.807) is 51.3 Å². The number of carbonyl (C=O) groups excluding carboxylic acids is 8. The van der Waals surface area contributed by atoms with Gasteiger partial charge >= 0.3 is 12.1 Å². The summed E-state index contributed by atoms with van der Waals surface area (Å²) in [6.07, 6.45) is 6.84. The van der Waals surface area contributed by atoms with Gasteiger partial charge in [-0.25, -0.2) is 9.59 Å². The number of allylic oxidation sites excluding steroid dienone is 3. The van der Waals surface area contributed by atoms with Crippen LogP contribution in [0.1, 0.15) is 85.1 Å². The van der Waals surface area contributed by atoms with Crippen LogP contribution in [-0.4, -0.2) is 150 Å². The van der Waals surface area contributed by atoms with Crippen molar-refractivity contribution in [1.29, 1.82) is 0 Å². The monoisotopic (exact) mass is 1030 g/mol. The van der Waals surface area contributed by atoms with Crippen LogP contribution in [0.3, 0.4) is 0 Å². The number of methoxy groups -OCH3 is 1. The number of likely N-dealkylation sites (N-methyl/N-ethyl adjacent to an activating group) is 1. The highest BCUT2D eigenvalue weighted by Gasteiger charge is 2.64. The largest absolute Gasteiger partial charge is 0.495 e. The maximum absolute atomic E-state index is 14.4. The van der Waals surface area contributed by atoms with Crippen LogP contribution in [0.15, 0.2) is 48.1 Å². The van der Waals surface area contributed by atoms with Crippen LogP contribution < -0.4 is 26.0 Å². The van der Waals surface area contributed by atoms with Crippen molar-refractivity contribution in [3.05, 3.63) is 58.7 Å². The van der Waals surface area contributed by atoms with E-state index in [0.717, 1.165) is 33.1 Å². The van der Waals surface area contributed by atoms with Gasteiger partial charge < -0.3 is 44.9 Å². The highest BCUT2D eigenvalue weighted by molar-refractivity contribution is 7.98. The van der Waals surface area contributed by atoms with E-state index in [0.29, 0.717) is 37.2 Å². The number of nitrogens with zero attached hydrogens (tertiary/aromatic N) is 3. The number of hydrogen-bond donors (Lipinski definition) is 4. The molecule has 19 nitrogen and oxygen atoms in total. The fourth-order valence-electron chi connectivity index (χ4n) is 9.10. The molecule has 5 rings (SSSR count). The number of nitrogens with two attached hydrogens (primary N) is 1. The Morgan fingerprint density at radius 2 is 1.82 bits per heavy atom. The number of nitrogens with one attached hydrogen (secondary N) is 2. The molecule has 4 heterocycles. The van der Waals surface area contributed by atoms with Gasteiger partial charge in [0.05, 0.1) is 25.3 Å². The van der Waals surface area contributed by atoms with Crippen LogP contribution in [0.4, 0.5) is 10.5 Å². The third-order valence-electron chi connectivity index (χ3n) is 13.9. The van der Waals surface area contributed by atoms with Crippen molar-refractivity contribution in [3.63, 3.8) is 0 Å². The summed E-state index contributed by atoms with van der Waals surface area (Å²) in [5.74, 6) is -5.52. The number of benzene rings is 1. The van der Waals surface area contributed by atoms with Crippen LogP contribution in [0.25, 0.3) is 0 Å². The molecule has 21 heteroatoms. The third-order valence-corrected chi connectivity index (χ3v) is 15.0. The van der Waals surface area contributed by atoms with Gasteiger partial charge in [0.2, 0.25) is 17.7 Å². The number of alkyl carbamates (subject to hydrolysis) is 1. The Hall–Kier alpha value is -5.28. The first-order valence-electron chi connectivity index (χ1n) is 23.9. The number of epoxide rings is 1. The second kappa shape index (κ2) is 24.4. The molecule has 8 unspecified atom stereocenters. The van der Waals surface area contributed by atoms with E-state index in [1.807, 2.05) is 13.0 Å². The number of hydrogen-bond acceptors (Lipinski definition) is 15. The number of unbranched alkanes of at least 4 members (excludes halogenated alkanes) is 1. The van der Waals surface area contributed by atoms with Gasteiger partial charge in [-0.2, -0.15) is 11.8 Å². The number of thioether (sulfide) groups is 1. The SMILES string of the molecule is COc1cc2cc(c1Cl)N(C)C(=O)CC(OC(=O)[C@H](C)N(C)C(=O)C(CSC)NC(=O)[C@@H](CCCCN)CC(=O)CCN1C(=O)C=CC1=O)C1(C)OC1C(C)C1CC(O)(NC(=O)O1)C(C)/C=C/C=C(\C)C2. The summed E-state index contributed by atoms with van der Waals surface area (Å²) in [6, 6.07) is 1.14. The number of esters is 1. The lowest BCUT2D eigenvalue weighted by atomic mass is 9.82. The summed E-state index contributed by atoms with van der Waals surface area (Å²) in [4.78, 5) is 111. The summed E-state index contributed by atoms with van der Waals surface area (Å²) in [7, 11) is 4.39. The summed E-state index contributed by atoms with van der Waals surface area (Å²) in [5.41, 5.74) is 4.74. The number of aliphatic hydroxyl groups is 1. The molecule has 2 saturated heterocycles. The average Bonchev–Trinajstić information content (AvgIpc) is 3.92. The van der Waals surface area contributed by atoms with Gasteiger partial charge in [-0.05, 0) is 70.5 Å². The van der Waals surface area contributed by atoms with Gasteiger partial charge in [-0.1, -0.05) is 55.7 Å². The van der Waals surface area contributed by atoms with Gasteiger partial charge in [0.15, 0.2) is 0 Å². The van der Waals surface area contributed by atoms with Gasteiger partial charge in [0, 0.05) is 75.6 Å². The molecule has 4 aliphatic rings. The lowest BCUT2D eigenvalue weighted by Crippen LogP contribution is -2.60. The number of amides is 6. The number of carbonyl (C=O) groups is 8. The topological polar surface area (TPSA) is 257 Å². The van der Waals surface area contributed by atoms with Crippen LogP contribution in [0, 0.1) is 17.8 Å². The number of halogens is 1.